The highest BCUT2D eigenvalue weighted by atomic mass is 16.5. The van der Waals surface area contributed by atoms with Crippen LogP contribution in [-0.4, -0.2) is 36.7 Å². The van der Waals surface area contributed by atoms with Crippen molar-refractivity contribution in [2.45, 2.75) is 32.6 Å². The molecule has 0 radical (unpaired) electrons. The summed E-state index contributed by atoms with van der Waals surface area (Å²) in [6, 6.07) is 9.92. The molecule has 152 valence electrons. The molecule has 0 saturated carbocycles. The number of aryl methyl sites for hydroxylation is 1. The quantitative estimate of drug-likeness (QED) is 0.406. The molecular formula is C23H28N4O2. The van der Waals surface area contributed by atoms with Crippen LogP contribution in [0.3, 0.4) is 0 Å². The summed E-state index contributed by atoms with van der Waals surface area (Å²) in [5.74, 6) is 2.24. The van der Waals surface area contributed by atoms with E-state index >= 15 is 0 Å². The highest BCUT2D eigenvalue weighted by Crippen LogP contribution is 2.38. The fourth-order valence-corrected chi connectivity index (χ4v) is 3.32. The Hall–Kier alpha value is -3.20. The van der Waals surface area contributed by atoms with Crippen LogP contribution in [0.5, 0.6) is 11.5 Å². The van der Waals surface area contributed by atoms with Crippen LogP contribution in [0.2, 0.25) is 0 Å². The van der Waals surface area contributed by atoms with Gasteiger partial charge in [0.15, 0.2) is 11.5 Å². The number of nitrogens with zero attached hydrogens (tertiary/aromatic N) is 4. The van der Waals surface area contributed by atoms with Crippen molar-refractivity contribution >= 4 is 11.5 Å². The monoisotopic (exact) mass is 392 g/mol. The lowest BCUT2D eigenvalue weighted by Crippen LogP contribution is -1.92. The Bertz CT molecular complexity index is 1000. The largest absolute Gasteiger partial charge is 0.493 e. The van der Waals surface area contributed by atoms with Crippen LogP contribution < -0.4 is 9.47 Å². The Labute approximate surface area is 172 Å². The predicted molar refractivity (Wildman–Crippen MR) is 118 cm³/mol. The fraction of sp³-hybridized carbons (Fsp3) is 0.391. The maximum absolute atomic E-state index is 5.47. The van der Waals surface area contributed by atoms with Crippen LogP contribution in [0.15, 0.2) is 36.5 Å². The van der Waals surface area contributed by atoms with Gasteiger partial charge in [0, 0.05) is 12.0 Å². The number of fused-ring (bicyclic) bond motifs is 1. The van der Waals surface area contributed by atoms with Crippen molar-refractivity contribution in [2.75, 3.05) is 27.3 Å². The van der Waals surface area contributed by atoms with E-state index < -0.39 is 0 Å². The molecule has 0 spiro atoms. The minimum atomic E-state index is 0.675. The summed E-state index contributed by atoms with van der Waals surface area (Å²) in [6.07, 6.45) is 6.36. The molecule has 0 unspecified atom stereocenters. The van der Waals surface area contributed by atoms with E-state index in [9.17, 15) is 0 Å². The smallest absolute Gasteiger partial charge is 0.263 e. The number of imidazole rings is 1. The van der Waals surface area contributed by atoms with Gasteiger partial charge in [-0.05, 0) is 43.4 Å². The van der Waals surface area contributed by atoms with Crippen molar-refractivity contribution in [3.8, 4) is 29.3 Å². The molecule has 0 fully saturated rings. The van der Waals surface area contributed by atoms with Crippen molar-refractivity contribution in [3.05, 3.63) is 52.3 Å². The Morgan fingerprint density at radius 1 is 1.03 bits per heavy atom. The van der Waals surface area contributed by atoms with Crippen LogP contribution in [0.25, 0.3) is 27.1 Å². The molecule has 0 N–H and O–H groups in total. The van der Waals surface area contributed by atoms with Crippen molar-refractivity contribution in [1.82, 2.24) is 9.38 Å². The Balaban J connectivity index is 1.87. The molecule has 0 amide bonds. The highest BCUT2D eigenvalue weighted by molar-refractivity contribution is 5.79. The van der Waals surface area contributed by atoms with Gasteiger partial charge in [-0.2, -0.15) is 0 Å². The van der Waals surface area contributed by atoms with Crippen molar-refractivity contribution in [1.29, 1.82) is 0 Å². The first-order valence-corrected chi connectivity index (χ1v) is 9.93. The van der Waals surface area contributed by atoms with Gasteiger partial charge in [-0.1, -0.05) is 42.1 Å². The van der Waals surface area contributed by atoms with Crippen molar-refractivity contribution < 1.29 is 9.47 Å². The van der Waals surface area contributed by atoms with Gasteiger partial charge in [-0.25, -0.2) is 0 Å². The molecule has 0 aliphatic carbocycles. The van der Waals surface area contributed by atoms with Gasteiger partial charge in [0.05, 0.1) is 25.6 Å². The highest BCUT2D eigenvalue weighted by Gasteiger charge is 2.11. The summed E-state index contributed by atoms with van der Waals surface area (Å²) in [5.41, 5.74) is 3.84. The minimum absolute atomic E-state index is 0.675. The van der Waals surface area contributed by atoms with Crippen molar-refractivity contribution in [2.24, 2.45) is 0 Å². The lowest BCUT2D eigenvalue weighted by atomic mass is 10.1. The third-order valence-corrected chi connectivity index (χ3v) is 4.86. The second-order valence-corrected chi connectivity index (χ2v) is 6.99. The van der Waals surface area contributed by atoms with Crippen LogP contribution in [0, 0.1) is 13.5 Å². The SMILES string of the molecule is C#[N+]CCCCCC[N-]c1c(-c2ccc(OC)c(OC)c2)nc2ccc(C)cn12. The van der Waals surface area contributed by atoms with Gasteiger partial charge in [0.2, 0.25) is 0 Å². The average molecular weight is 393 g/mol. The molecule has 0 bridgehead atoms. The molecule has 0 saturated heterocycles. The second-order valence-electron chi connectivity index (χ2n) is 6.99. The average Bonchev–Trinajstić information content (AvgIpc) is 3.10. The van der Waals surface area contributed by atoms with E-state index in [0.29, 0.717) is 11.5 Å². The van der Waals surface area contributed by atoms with Crippen LogP contribution in [0.1, 0.15) is 31.2 Å². The molecule has 1 aromatic carbocycles. The van der Waals surface area contributed by atoms with Crippen molar-refractivity contribution in [3.63, 3.8) is 0 Å². The number of benzene rings is 1. The number of pyridine rings is 1. The molecule has 2 aromatic heterocycles. The first-order valence-electron chi connectivity index (χ1n) is 9.93. The lowest BCUT2D eigenvalue weighted by Gasteiger charge is -2.18. The fourth-order valence-electron chi connectivity index (χ4n) is 3.32. The second kappa shape index (κ2) is 9.83. The molecule has 6 nitrogen and oxygen atoms in total. The number of hydrogen-bond acceptors (Lipinski definition) is 3. The number of unbranched alkanes of at least 4 members (excludes halogenated alkanes) is 3. The van der Waals surface area contributed by atoms with Crippen LogP contribution in [-0.2, 0) is 0 Å². The summed E-state index contributed by atoms with van der Waals surface area (Å²) < 4.78 is 12.9. The van der Waals surface area contributed by atoms with Gasteiger partial charge in [0.25, 0.3) is 13.1 Å². The third-order valence-electron chi connectivity index (χ3n) is 4.86. The molecule has 2 heterocycles. The van der Waals surface area contributed by atoms with E-state index in [1.165, 1.54) is 0 Å². The topological polar surface area (TPSA) is 54.2 Å². The molecular weight excluding hydrogens is 364 g/mol. The van der Waals surface area contributed by atoms with Gasteiger partial charge < -0.3 is 19.2 Å². The summed E-state index contributed by atoms with van der Waals surface area (Å²) in [4.78, 5) is 8.49. The number of methoxy groups -OCH3 is 2. The lowest BCUT2D eigenvalue weighted by molar-refractivity contribution is 0.355. The molecule has 29 heavy (non-hydrogen) atoms. The Morgan fingerprint density at radius 2 is 1.83 bits per heavy atom. The summed E-state index contributed by atoms with van der Waals surface area (Å²) in [6.45, 7) is 8.74. The molecule has 0 aliphatic heterocycles. The maximum Gasteiger partial charge on any atom is 0.263 e. The van der Waals surface area contributed by atoms with Crippen LogP contribution in [0.4, 0.5) is 5.82 Å². The van der Waals surface area contributed by atoms with E-state index in [0.717, 1.165) is 67.1 Å². The molecule has 0 atom stereocenters. The van der Waals surface area contributed by atoms with Gasteiger partial charge in [-0.15, -0.1) is 0 Å². The maximum atomic E-state index is 5.47. The summed E-state index contributed by atoms with van der Waals surface area (Å²) >= 11 is 0. The Morgan fingerprint density at radius 3 is 2.59 bits per heavy atom. The van der Waals surface area contributed by atoms with Crippen LogP contribution >= 0.6 is 0 Å². The standard InChI is InChI=1S/C23H28N4O2/c1-17-9-12-21-26-22(18-10-11-19(28-3)20(15-18)29-4)23(27(21)16-17)25-14-8-6-5-7-13-24-2/h2,9-12,15-16H,5-8,13-14H2,1,3-4H3. The van der Waals surface area contributed by atoms with E-state index in [4.69, 9.17) is 26.3 Å². The van der Waals surface area contributed by atoms with Gasteiger partial charge in [-0.3, -0.25) is 4.98 Å². The van der Waals surface area contributed by atoms with E-state index in [1.807, 2.05) is 24.3 Å². The van der Waals surface area contributed by atoms with E-state index in [2.05, 4.69) is 28.4 Å². The van der Waals surface area contributed by atoms with E-state index in [-0.39, 0.29) is 0 Å². The molecule has 6 heteroatoms. The van der Waals surface area contributed by atoms with E-state index in [1.54, 1.807) is 14.2 Å². The minimum Gasteiger partial charge on any atom is -0.493 e. The first-order chi connectivity index (χ1) is 14.2. The third kappa shape index (κ3) is 4.80. The zero-order valence-electron chi connectivity index (χ0n) is 17.4. The molecule has 3 rings (SSSR count). The number of aromatic nitrogens is 2. The first kappa shape index (κ1) is 20.5. The normalized spacial score (nSPS) is 10.7. The predicted octanol–water partition coefficient (Wildman–Crippen LogP) is 5.86. The number of rotatable bonds is 10. The molecule has 0 aliphatic rings. The summed E-state index contributed by atoms with van der Waals surface area (Å²) in [5, 5.41) is 4.91. The van der Waals surface area contributed by atoms with Gasteiger partial charge in [0.1, 0.15) is 0 Å². The number of hydrogen-bond donors (Lipinski definition) is 0. The zero-order valence-corrected chi connectivity index (χ0v) is 17.4. The Kier molecular flexibility index (Phi) is 6.96. The summed E-state index contributed by atoms with van der Waals surface area (Å²) in [7, 11) is 3.27. The van der Waals surface area contributed by atoms with Gasteiger partial charge >= 0.3 is 0 Å². The zero-order chi connectivity index (χ0) is 20.6. The molecule has 3 aromatic rings. The number of ether oxygens (including phenoxy) is 2.